The van der Waals surface area contributed by atoms with Crippen LogP contribution >= 0.6 is 0 Å². The Morgan fingerprint density at radius 2 is 2.05 bits per heavy atom. The molecule has 0 N–H and O–H groups in total. The lowest BCUT2D eigenvalue weighted by Crippen LogP contribution is -2.44. The standard InChI is InChI=1S/C15H18N2O3/c1-11-4-5-12-13(8-11)20-15(19)10-17(12)9-14(18)16-6-2-3-7-16/h4-5,8H,2-3,6-7,9-10H2,1H3. The van der Waals surface area contributed by atoms with Gasteiger partial charge in [0.15, 0.2) is 5.75 Å². The Bertz CT molecular complexity index is 550. The molecule has 0 unspecified atom stereocenters. The average Bonchev–Trinajstić information content (AvgIpc) is 2.91. The minimum Gasteiger partial charge on any atom is -0.423 e. The van der Waals surface area contributed by atoms with E-state index in [-0.39, 0.29) is 25.0 Å². The van der Waals surface area contributed by atoms with Crippen LogP contribution in [0, 0.1) is 6.92 Å². The van der Waals surface area contributed by atoms with Crippen LogP contribution in [0.15, 0.2) is 18.2 Å². The molecule has 1 fully saturated rings. The van der Waals surface area contributed by atoms with Crippen LogP contribution in [0.5, 0.6) is 5.75 Å². The number of fused-ring (bicyclic) bond motifs is 1. The van der Waals surface area contributed by atoms with Gasteiger partial charge in [0.05, 0.1) is 12.2 Å². The van der Waals surface area contributed by atoms with Crippen molar-refractivity contribution in [3.63, 3.8) is 0 Å². The predicted molar refractivity (Wildman–Crippen MR) is 74.8 cm³/mol. The fraction of sp³-hybridized carbons (Fsp3) is 0.467. The molecule has 5 heteroatoms. The molecule has 20 heavy (non-hydrogen) atoms. The number of carbonyl (C=O) groups is 2. The van der Waals surface area contributed by atoms with Gasteiger partial charge in [-0.15, -0.1) is 0 Å². The lowest BCUT2D eigenvalue weighted by molar-refractivity contribution is -0.133. The molecule has 5 nitrogen and oxygen atoms in total. The van der Waals surface area contributed by atoms with Crippen molar-refractivity contribution < 1.29 is 14.3 Å². The summed E-state index contributed by atoms with van der Waals surface area (Å²) < 4.78 is 5.24. The highest BCUT2D eigenvalue weighted by Crippen LogP contribution is 2.32. The molecular weight excluding hydrogens is 256 g/mol. The monoisotopic (exact) mass is 274 g/mol. The van der Waals surface area contributed by atoms with E-state index in [0.717, 1.165) is 37.2 Å². The normalized spacial score (nSPS) is 17.9. The number of nitrogens with zero attached hydrogens (tertiary/aromatic N) is 2. The van der Waals surface area contributed by atoms with Crippen molar-refractivity contribution in [3.05, 3.63) is 23.8 Å². The fourth-order valence-corrected chi connectivity index (χ4v) is 2.73. The maximum absolute atomic E-state index is 12.2. The molecule has 3 rings (SSSR count). The SMILES string of the molecule is Cc1ccc2c(c1)OC(=O)CN2CC(=O)N1CCCC1. The largest absolute Gasteiger partial charge is 0.423 e. The van der Waals surface area contributed by atoms with Gasteiger partial charge in [0, 0.05) is 13.1 Å². The van der Waals surface area contributed by atoms with Crippen LogP contribution in [0.25, 0.3) is 0 Å². The van der Waals surface area contributed by atoms with Crippen LogP contribution < -0.4 is 9.64 Å². The van der Waals surface area contributed by atoms with Crippen LogP contribution in [0.3, 0.4) is 0 Å². The zero-order valence-corrected chi connectivity index (χ0v) is 11.6. The number of aryl methyl sites for hydroxylation is 1. The zero-order valence-electron chi connectivity index (χ0n) is 11.6. The van der Waals surface area contributed by atoms with E-state index in [1.807, 2.05) is 30.0 Å². The number of esters is 1. The molecule has 1 saturated heterocycles. The minimum absolute atomic E-state index is 0.0868. The molecule has 0 bridgehead atoms. The Hall–Kier alpha value is -2.04. The van der Waals surface area contributed by atoms with Crippen molar-refractivity contribution in [3.8, 4) is 5.75 Å². The number of benzene rings is 1. The highest BCUT2D eigenvalue weighted by Gasteiger charge is 2.28. The van der Waals surface area contributed by atoms with Gasteiger partial charge in [-0.2, -0.15) is 0 Å². The molecule has 2 aliphatic heterocycles. The first-order valence-electron chi connectivity index (χ1n) is 6.97. The van der Waals surface area contributed by atoms with Crippen molar-refractivity contribution in [1.82, 2.24) is 4.90 Å². The second kappa shape index (κ2) is 5.15. The van der Waals surface area contributed by atoms with E-state index in [0.29, 0.717) is 5.75 Å². The van der Waals surface area contributed by atoms with Crippen LogP contribution in [-0.4, -0.2) is 43.0 Å². The molecule has 0 aromatic heterocycles. The summed E-state index contributed by atoms with van der Waals surface area (Å²) in [5.41, 5.74) is 1.85. The topological polar surface area (TPSA) is 49.9 Å². The summed E-state index contributed by atoms with van der Waals surface area (Å²) in [6.07, 6.45) is 2.15. The van der Waals surface area contributed by atoms with Gasteiger partial charge in [-0.25, -0.2) is 4.79 Å². The van der Waals surface area contributed by atoms with Crippen molar-refractivity contribution >= 4 is 17.6 Å². The molecule has 0 aliphatic carbocycles. The lowest BCUT2D eigenvalue weighted by atomic mass is 10.1. The summed E-state index contributed by atoms with van der Waals surface area (Å²) in [5.74, 6) is 0.330. The summed E-state index contributed by atoms with van der Waals surface area (Å²) in [7, 11) is 0. The summed E-state index contributed by atoms with van der Waals surface area (Å²) in [5, 5.41) is 0. The first-order valence-corrected chi connectivity index (χ1v) is 6.97. The van der Waals surface area contributed by atoms with E-state index < -0.39 is 0 Å². The quantitative estimate of drug-likeness (QED) is 0.603. The number of anilines is 1. The summed E-state index contributed by atoms with van der Waals surface area (Å²) in [4.78, 5) is 27.6. The van der Waals surface area contributed by atoms with E-state index >= 15 is 0 Å². The van der Waals surface area contributed by atoms with Gasteiger partial charge in [0.2, 0.25) is 5.91 Å². The van der Waals surface area contributed by atoms with Gasteiger partial charge in [-0.3, -0.25) is 4.79 Å². The molecule has 0 saturated carbocycles. The second-order valence-electron chi connectivity index (χ2n) is 5.39. The van der Waals surface area contributed by atoms with Gasteiger partial charge < -0.3 is 14.5 Å². The summed E-state index contributed by atoms with van der Waals surface area (Å²) in [6, 6.07) is 5.71. The van der Waals surface area contributed by atoms with Crippen LogP contribution in [0.1, 0.15) is 18.4 Å². The molecule has 1 amide bonds. The van der Waals surface area contributed by atoms with Gasteiger partial charge in [0.1, 0.15) is 6.54 Å². The first-order chi connectivity index (χ1) is 9.63. The van der Waals surface area contributed by atoms with Gasteiger partial charge >= 0.3 is 5.97 Å². The minimum atomic E-state index is -0.308. The van der Waals surface area contributed by atoms with E-state index in [1.165, 1.54) is 0 Å². The Kier molecular flexibility index (Phi) is 3.34. The number of likely N-dealkylation sites (tertiary alicyclic amines) is 1. The molecule has 1 aromatic rings. The first kappa shape index (κ1) is 13.0. The third kappa shape index (κ3) is 2.48. The molecule has 0 atom stereocenters. The van der Waals surface area contributed by atoms with Crippen molar-refractivity contribution in [2.24, 2.45) is 0 Å². The lowest BCUT2D eigenvalue weighted by Gasteiger charge is -2.30. The number of rotatable bonds is 2. The molecular formula is C15H18N2O3. The van der Waals surface area contributed by atoms with E-state index in [1.54, 1.807) is 4.90 Å². The molecule has 0 spiro atoms. The second-order valence-corrected chi connectivity index (χ2v) is 5.39. The van der Waals surface area contributed by atoms with E-state index in [2.05, 4.69) is 0 Å². The van der Waals surface area contributed by atoms with Crippen molar-refractivity contribution in [1.29, 1.82) is 0 Å². The van der Waals surface area contributed by atoms with E-state index in [4.69, 9.17) is 4.74 Å². The predicted octanol–water partition coefficient (Wildman–Crippen LogP) is 1.34. The number of hydrogen-bond acceptors (Lipinski definition) is 4. The highest BCUT2D eigenvalue weighted by molar-refractivity contribution is 5.89. The number of hydrogen-bond donors (Lipinski definition) is 0. The Balaban J connectivity index is 1.80. The molecule has 2 heterocycles. The maximum atomic E-state index is 12.2. The fourth-order valence-electron chi connectivity index (χ4n) is 2.73. The number of ether oxygens (including phenoxy) is 1. The maximum Gasteiger partial charge on any atom is 0.331 e. The van der Waals surface area contributed by atoms with Crippen molar-refractivity contribution in [2.75, 3.05) is 31.1 Å². The molecule has 2 aliphatic rings. The number of amides is 1. The van der Waals surface area contributed by atoms with Gasteiger partial charge in [-0.1, -0.05) is 6.07 Å². The van der Waals surface area contributed by atoms with Crippen LogP contribution in [-0.2, 0) is 9.59 Å². The van der Waals surface area contributed by atoms with Crippen LogP contribution in [0.4, 0.5) is 5.69 Å². The molecule has 1 aromatic carbocycles. The van der Waals surface area contributed by atoms with Crippen LogP contribution in [0.2, 0.25) is 0 Å². The third-order valence-corrected chi connectivity index (χ3v) is 3.78. The van der Waals surface area contributed by atoms with Gasteiger partial charge in [-0.05, 0) is 37.5 Å². The smallest absolute Gasteiger partial charge is 0.331 e. The van der Waals surface area contributed by atoms with E-state index in [9.17, 15) is 9.59 Å². The molecule has 106 valence electrons. The van der Waals surface area contributed by atoms with Gasteiger partial charge in [0.25, 0.3) is 0 Å². The highest BCUT2D eigenvalue weighted by atomic mass is 16.5. The summed E-state index contributed by atoms with van der Waals surface area (Å²) >= 11 is 0. The van der Waals surface area contributed by atoms with Crippen molar-refractivity contribution in [2.45, 2.75) is 19.8 Å². The summed E-state index contributed by atoms with van der Waals surface area (Å²) in [6.45, 7) is 3.99. The number of carbonyl (C=O) groups excluding carboxylic acids is 2. The third-order valence-electron chi connectivity index (χ3n) is 3.78. The average molecular weight is 274 g/mol. The Labute approximate surface area is 118 Å². The Morgan fingerprint density at radius 3 is 2.80 bits per heavy atom. The zero-order chi connectivity index (χ0) is 14.1. The Morgan fingerprint density at radius 1 is 1.30 bits per heavy atom. The molecule has 0 radical (unpaired) electrons.